The minimum absolute atomic E-state index is 0.127. The largest absolute Gasteiger partial charge is 0.493 e. The maximum absolute atomic E-state index is 12.9. The van der Waals surface area contributed by atoms with E-state index in [0.717, 1.165) is 22.6 Å². The summed E-state index contributed by atoms with van der Waals surface area (Å²) in [5.41, 5.74) is 1.49. The highest BCUT2D eigenvalue weighted by molar-refractivity contribution is 7.98. The van der Waals surface area contributed by atoms with Crippen molar-refractivity contribution < 1.29 is 19.1 Å². The highest BCUT2D eigenvalue weighted by Gasteiger charge is 2.28. The van der Waals surface area contributed by atoms with Crippen LogP contribution in [0.25, 0.3) is 0 Å². The smallest absolute Gasteiger partial charge is 0.408 e. The fourth-order valence-electron chi connectivity index (χ4n) is 2.89. The van der Waals surface area contributed by atoms with Crippen LogP contribution in [0.3, 0.4) is 0 Å². The van der Waals surface area contributed by atoms with E-state index in [0.29, 0.717) is 19.4 Å². The Morgan fingerprint density at radius 2 is 2.11 bits per heavy atom. The van der Waals surface area contributed by atoms with Crippen molar-refractivity contribution in [1.29, 1.82) is 0 Å². The van der Waals surface area contributed by atoms with Crippen molar-refractivity contribution in [3.8, 4) is 5.75 Å². The Labute approximate surface area is 165 Å². The first-order valence-corrected chi connectivity index (χ1v) is 10.6. The molecule has 1 aliphatic heterocycles. The predicted molar refractivity (Wildman–Crippen MR) is 108 cm³/mol. The molecule has 0 saturated carbocycles. The van der Waals surface area contributed by atoms with Crippen LogP contribution in [0.1, 0.15) is 50.8 Å². The van der Waals surface area contributed by atoms with Gasteiger partial charge in [-0.15, -0.1) is 0 Å². The van der Waals surface area contributed by atoms with E-state index in [1.54, 1.807) is 32.5 Å². The fraction of sp³-hybridized carbons (Fsp3) is 0.600. The zero-order chi connectivity index (χ0) is 20.0. The summed E-state index contributed by atoms with van der Waals surface area (Å²) in [6, 6.07) is 5.21. The Kier molecular flexibility index (Phi) is 7.41. The Morgan fingerprint density at radius 1 is 1.37 bits per heavy atom. The van der Waals surface area contributed by atoms with Crippen LogP contribution in [-0.2, 0) is 9.53 Å². The molecule has 2 amide bonds. The second-order valence-corrected chi connectivity index (χ2v) is 8.71. The van der Waals surface area contributed by atoms with Crippen LogP contribution < -0.4 is 15.4 Å². The fourth-order valence-corrected chi connectivity index (χ4v) is 3.36. The van der Waals surface area contributed by atoms with Crippen molar-refractivity contribution in [2.75, 3.05) is 18.6 Å². The number of hydrogen-bond donors (Lipinski definition) is 2. The summed E-state index contributed by atoms with van der Waals surface area (Å²) in [6.45, 7) is 7.95. The van der Waals surface area contributed by atoms with Gasteiger partial charge < -0.3 is 20.1 Å². The van der Waals surface area contributed by atoms with E-state index >= 15 is 0 Å². The first-order valence-electron chi connectivity index (χ1n) is 9.22. The van der Waals surface area contributed by atoms with E-state index < -0.39 is 17.7 Å². The monoisotopic (exact) mass is 394 g/mol. The first-order chi connectivity index (χ1) is 12.7. The molecule has 27 heavy (non-hydrogen) atoms. The van der Waals surface area contributed by atoms with Crippen LogP contribution in [0.15, 0.2) is 18.2 Å². The van der Waals surface area contributed by atoms with Gasteiger partial charge in [0.2, 0.25) is 5.91 Å². The van der Waals surface area contributed by atoms with Crippen LogP contribution in [0.2, 0.25) is 0 Å². The molecule has 0 spiro atoms. The Balaban J connectivity index is 2.08. The number of carbonyl (C=O) groups excluding carboxylic acids is 2. The average molecular weight is 395 g/mol. The zero-order valence-electron chi connectivity index (χ0n) is 16.8. The third-order valence-electron chi connectivity index (χ3n) is 4.14. The van der Waals surface area contributed by atoms with Crippen LogP contribution >= 0.6 is 11.8 Å². The molecule has 1 aromatic carbocycles. The van der Waals surface area contributed by atoms with Gasteiger partial charge in [0.1, 0.15) is 17.4 Å². The molecule has 0 aliphatic carbocycles. The van der Waals surface area contributed by atoms with E-state index in [9.17, 15) is 9.59 Å². The number of nitrogens with one attached hydrogen (secondary N) is 2. The van der Waals surface area contributed by atoms with Crippen LogP contribution in [0.5, 0.6) is 5.75 Å². The topological polar surface area (TPSA) is 76.7 Å². The van der Waals surface area contributed by atoms with E-state index in [4.69, 9.17) is 9.47 Å². The van der Waals surface area contributed by atoms with Gasteiger partial charge in [-0.1, -0.05) is 17.7 Å². The minimum Gasteiger partial charge on any atom is -0.493 e. The number of amides is 2. The van der Waals surface area contributed by atoms with Crippen LogP contribution in [-0.4, -0.2) is 42.3 Å². The molecule has 150 valence electrons. The lowest BCUT2D eigenvalue weighted by Gasteiger charge is -2.29. The second-order valence-electron chi connectivity index (χ2n) is 7.72. The molecule has 1 aromatic rings. The SMILES string of the molecule is CSCCC(NC(=O)OC(C)(C)C)C(=O)NC1CCOc2ccc(C)cc21. The third-order valence-corrected chi connectivity index (χ3v) is 4.78. The van der Waals surface area contributed by atoms with Gasteiger partial charge in [-0.3, -0.25) is 4.79 Å². The number of fused-ring (bicyclic) bond motifs is 1. The normalized spacial score (nSPS) is 17.3. The molecule has 0 bridgehead atoms. The maximum Gasteiger partial charge on any atom is 0.408 e. The second kappa shape index (κ2) is 9.35. The molecule has 1 heterocycles. The summed E-state index contributed by atoms with van der Waals surface area (Å²) >= 11 is 1.63. The molecule has 7 heteroatoms. The minimum atomic E-state index is -0.636. The summed E-state index contributed by atoms with van der Waals surface area (Å²) in [5.74, 6) is 1.37. The predicted octanol–water partition coefficient (Wildman–Crippen LogP) is 3.58. The van der Waals surface area contributed by atoms with Crippen LogP contribution in [0.4, 0.5) is 4.79 Å². The molecule has 0 aromatic heterocycles. The van der Waals surface area contributed by atoms with Gasteiger partial charge in [0.25, 0.3) is 0 Å². The van der Waals surface area contributed by atoms with Gasteiger partial charge in [0, 0.05) is 12.0 Å². The van der Waals surface area contributed by atoms with E-state index in [1.165, 1.54) is 0 Å². The molecule has 2 rings (SSSR count). The van der Waals surface area contributed by atoms with Crippen molar-refractivity contribution in [3.05, 3.63) is 29.3 Å². The van der Waals surface area contributed by atoms with Crippen molar-refractivity contribution in [3.63, 3.8) is 0 Å². The summed E-state index contributed by atoms with van der Waals surface area (Å²) in [4.78, 5) is 25.0. The van der Waals surface area contributed by atoms with E-state index in [2.05, 4.69) is 10.6 Å². The highest BCUT2D eigenvalue weighted by atomic mass is 32.2. The molecule has 0 radical (unpaired) electrons. The molecular weight excluding hydrogens is 364 g/mol. The van der Waals surface area contributed by atoms with Crippen molar-refractivity contribution in [1.82, 2.24) is 10.6 Å². The Morgan fingerprint density at radius 3 is 2.78 bits per heavy atom. The number of carbonyl (C=O) groups is 2. The Hall–Kier alpha value is -1.89. The lowest BCUT2D eigenvalue weighted by atomic mass is 9.98. The molecule has 1 aliphatic rings. The average Bonchev–Trinajstić information content (AvgIpc) is 2.57. The Bertz CT molecular complexity index is 672. The van der Waals surface area contributed by atoms with Gasteiger partial charge in [-0.25, -0.2) is 4.79 Å². The van der Waals surface area contributed by atoms with E-state index in [-0.39, 0.29) is 11.9 Å². The summed E-state index contributed by atoms with van der Waals surface area (Å²) in [6.07, 6.45) is 2.63. The maximum atomic E-state index is 12.9. The van der Waals surface area contributed by atoms with Gasteiger partial charge in [-0.2, -0.15) is 11.8 Å². The number of aryl methyl sites for hydroxylation is 1. The summed E-state index contributed by atoms with van der Waals surface area (Å²) in [7, 11) is 0. The molecule has 2 unspecified atom stereocenters. The van der Waals surface area contributed by atoms with Crippen molar-refractivity contribution in [2.45, 2.75) is 58.2 Å². The molecule has 6 nitrogen and oxygen atoms in total. The molecule has 0 fully saturated rings. The quantitative estimate of drug-likeness (QED) is 0.771. The van der Waals surface area contributed by atoms with Gasteiger partial charge in [-0.05, 0) is 52.2 Å². The highest BCUT2D eigenvalue weighted by Crippen LogP contribution is 2.32. The van der Waals surface area contributed by atoms with Crippen LogP contribution in [0, 0.1) is 6.92 Å². The number of thioether (sulfide) groups is 1. The summed E-state index contributed by atoms with van der Waals surface area (Å²) in [5, 5.41) is 5.80. The van der Waals surface area contributed by atoms with Crippen molar-refractivity contribution in [2.24, 2.45) is 0 Å². The molecule has 2 N–H and O–H groups in total. The molecule has 2 atom stereocenters. The standard InChI is InChI=1S/C20H30N2O4S/c1-13-6-7-17-14(12-13)15(8-10-25-17)21-18(23)16(9-11-27-5)22-19(24)26-20(2,3)4/h6-7,12,15-16H,8-11H2,1-5H3,(H,21,23)(H,22,24). The number of ether oxygens (including phenoxy) is 2. The molecule has 0 saturated heterocycles. The lowest BCUT2D eigenvalue weighted by molar-refractivity contribution is -0.124. The number of rotatable bonds is 6. The summed E-state index contributed by atoms with van der Waals surface area (Å²) < 4.78 is 11.0. The van der Waals surface area contributed by atoms with Crippen molar-refractivity contribution >= 4 is 23.8 Å². The van der Waals surface area contributed by atoms with Gasteiger partial charge in [0.15, 0.2) is 0 Å². The number of alkyl carbamates (subject to hydrolysis) is 1. The zero-order valence-corrected chi connectivity index (χ0v) is 17.6. The third kappa shape index (κ3) is 6.65. The number of hydrogen-bond acceptors (Lipinski definition) is 5. The van der Waals surface area contributed by atoms with Gasteiger partial charge in [0.05, 0.1) is 12.6 Å². The van der Waals surface area contributed by atoms with Gasteiger partial charge >= 0.3 is 6.09 Å². The van der Waals surface area contributed by atoms with E-state index in [1.807, 2.05) is 31.4 Å². The first kappa shape index (κ1) is 21.4. The number of benzene rings is 1. The molecular formula is C20H30N2O4S. The lowest BCUT2D eigenvalue weighted by Crippen LogP contribution is -2.49.